The summed E-state index contributed by atoms with van der Waals surface area (Å²) in [7, 11) is 0. The van der Waals surface area contributed by atoms with Gasteiger partial charge in [-0.15, -0.1) is 5.10 Å². The van der Waals surface area contributed by atoms with E-state index in [1.807, 2.05) is 30.3 Å². The Bertz CT molecular complexity index is 841. The van der Waals surface area contributed by atoms with Crippen molar-refractivity contribution in [2.24, 2.45) is 15.9 Å². The molecule has 25 heavy (non-hydrogen) atoms. The van der Waals surface area contributed by atoms with Crippen molar-refractivity contribution in [2.75, 3.05) is 0 Å². The van der Waals surface area contributed by atoms with Gasteiger partial charge in [0.2, 0.25) is 0 Å². The van der Waals surface area contributed by atoms with Gasteiger partial charge in [-0.25, -0.2) is 0 Å². The summed E-state index contributed by atoms with van der Waals surface area (Å²) in [5.41, 5.74) is 7.26. The number of phenolic OH excluding ortho intramolecular Hbond substituents is 1. The molecule has 0 atom stereocenters. The molecule has 0 fully saturated rings. The topological polar surface area (TPSA) is 114 Å². The van der Waals surface area contributed by atoms with E-state index in [0.717, 1.165) is 5.56 Å². The van der Waals surface area contributed by atoms with Crippen LogP contribution < -0.4 is 5.73 Å². The molecule has 0 amide bonds. The second kappa shape index (κ2) is 8.63. The van der Waals surface area contributed by atoms with Crippen LogP contribution in [0.25, 0.3) is 0 Å². The Labute approximate surface area is 156 Å². The normalized spacial score (nSPS) is 11.8. The first-order valence-corrected chi connectivity index (χ1v) is 8.87. The largest absolute Gasteiger partial charge is 0.506 e. The van der Waals surface area contributed by atoms with Crippen LogP contribution in [-0.4, -0.2) is 21.4 Å². The van der Waals surface area contributed by atoms with Crippen LogP contribution in [0, 0.1) is 17.0 Å². The first kappa shape index (κ1) is 18.9. The van der Waals surface area contributed by atoms with E-state index < -0.39 is 4.92 Å². The molecule has 0 unspecified atom stereocenters. The van der Waals surface area contributed by atoms with E-state index in [-0.39, 0.29) is 26.6 Å². The summed E-state index contributed by atoms with van der Waals surface area (Å²) in [6.45, 7) is 1.54. The predicted molar refractivity (Wildman–Crippen MR) is 104 cm³/mol. The van der Waals surface area contributed by atoms with E-state index >= 15 is 0 Å². The molecule has 2 aromatic rings. The Morgan fingerprint density at radius 2 is 2.12 bits per heavy atom. The number of nitrogens with two attached hydrogens (primary N) is 1. The molecule has 9 heteroatoms. The maximum absolute atomic E-state index is 11.0. The van der Waals surface area contributed by atoms with Crippen LogP contribution in [0.5, 0.6) is 5.75 Å². The molecule has 0 saturated heterocycles. The Balaban J connectivity index is 2.12. The molecule has 0 radical (unpaired) electrons. The molecule has 2 rings (SSSR count). The molecule has 0 bridgehead atoms. The summed E-state index contributed by atoms with van der Waals surface area (Å²) >= 11 is 4.46. The molecule has 3 N–H and O–H groups in total. The fourth-order valence-corrected chi connectivity index (χ4v) is 2.98. The van der Waals surface area contributed by atoms with Crippen molar-refractivity contribution in [3.8, 4) is 5.75 Å². The number of halogens is 1. The zero-order valence-corrected chi connectivity index (χ0v) is 15.6. The van der Waals surface area contributed by atoms with Crippen LogP contribution in [0.15, 0.2) is 51.1 Å². The van der Waals surface area contributed by atoms with Gasteiger partial charge in [-0.3, -0.25) is 10.1 Å². The monoisotopic (exact) mass is 422 g/mol. The standard InChI is InChI=1S/C16H15BrN4O3S/c1-10-13(21(23)24)7-12(15(22)14(10)17)8-19-20-16(18)25-9-11-5-3-2-4-6-11/h2-8,22H,9H2,1H3,(H2,18,20). The Morgan fingerprint density at radius 1 is 1.44 bits per heavy atom. The number of nitro groups is 1. The summed E-state index contributed by atoms with van der Waals surface area (Å²) in [5.74, 6) is 0.510. The second-order valence-electron chi connectivity index (χ2n) is 4.99. The number of amidine groups is 1. The molecule has 0 heterocycles. The van der Waals surface area contributed by atoms with E-state index in [0.29, 0.717) is 11.3 Å². The van der Waals surface area contributed by atoms with Gasteiger partial charge in [-0.05, 0) is 28.4 Å². The fraction of sp³-hybridized carbons (Fsp3) is 0.125. The highest BCUT2D eigenvalue weighted by molar-refractivity contribution is 9.10. The average molecular weight is 423 g/mol. The lowest BCUT2D eigenvalue weighted by molar-refractivity contribution is -0.385. The molecule has 0 aliphatic rings. The maximum atomic E-state index is 11.0. The van der Waals surface area contributed by atoms with Crippen LogP contribution in [0.3, 0.4) is 0 Å². The van der Waals surface area contributed by atoms with E-state index in [1.54, 1.807) is 6.92 Å². The summed E-state index contributed by atoms with van der Waals surface area (Å²) in [6, 6.07) is 11.0. The van der Waals surface area contributed by atoms with Crippen molar-refractivity contribution in [1.29, 1.82) is 0 Å². The van der Waals surface area contributed by atoms with Gasteiger partial charge in [0.25, 0.3) is 5.69 Å². The van der Waals surface area contributed by atoms with E-state index in [4.69, 9.17) is 5.73 Å². The number of aromatic hydroxyl groups is 1. The smallest absolute Gasteiger partial charge is 0.274 e. The number of phenols is 1. The fourth-order valence-electron chi connectivity index (χ4n) is 1.94. The van der Waals surface area contributed by atoms with Crippen molar-refractivity contribution in [1.82, 2.24) is 0 Å². The number of hydrogen-bond donors (Lipinski definition) is 2. The number of rotatable bonds is 5. The zero-order valence-electron chi connectivity index (χ0n) is 13.2. The molecule has 2 aromatic carbocycles. The highest BCUT2D eigenvalue weighted by Gasteiger charge is 2.19. The summed E-state index contributed by atoms with van der Waals surface area (Å²) in [6.07, 6.45) is 1.22. The molecule has 0 spiro atoms. The van der Waals surface area contributed by atoms with Gasteiger partial charge < -0.3 is 10.8 Å². The van der Waals surface area contributed by atoms with Crippen molar-refractivity contribution in [3.05, 3.63) is 67.7 Å². The lowest BCUT2D eigenvalue weighted by Gasteiger charge is -2.05. The van der Waals surface area contributed by atoms with Gasteiger partial charge in [-0.2, -0.15) is 5.10 Å². The summed E-state index contributed by atoms with van der Waals surface area (Å²) in [5, 5.41) is 29.0. The summed E-state index contributed by atoms with van der Waals surface area (Å²) < 4.78 is 0.249. The maximum Gasteiger partial charge on any atom is 0.274 e. The Morgan fingerprint density at radius 3 is 2.76 bits per heavy atom. The second-order valence-corrected chi connectivity index (χ2v) is 6.78. The number of benzene rings is 2. The van der Waals surface area contributed by atoms with Crippen molar-refractivity contribution < 1.29 is 10.0 Å². The molecular formula is C16H15BrN4O3S. The van der Waals surface area contributed by atoms with Gasteiger partial charge in [0.05, 0.1) is 15.6 Å². The minimum atomic E-state index is -0.524. The number of thioether (sulfide) groups is 1. The third-order valence-electron chi connectivity index (χ3n) is 3.27. The first-order chi connectivity index (χ1) is 11.9. The molecule has 7 nitrogen and oxygen atoms in total. The van der Waals surface area contributed by atoms with E-state index in [1.165, 1.54) is 24.0 Å². The van der Waals surface area contributed by atoms with Crippen LogP contribution in [0.4, 0.5) is 5.69 Å². The predicted octanol–water partition coefficient (Wildman–Crippen LogP) is 3.95. The number of nitro benzene ring substituents is 1. The lowest BCUT2D eigenvalue weighted by atomic mass is 10.1. The molecule has 0 aliphatic heterocycles. The Kier molecular flexibility index (Phi) is 6.54. The van der Waals surface area contributed by atoms with Crippen LogP contribution in [0.1, 0.15) is 16.7 Å². The minimum Gasteiger partial charge on any atom is -0.506 e. The number of hydrogen-bond acceptors (Lipinski definition) is 6. The van der Waals surface area contributed by atoms with E-state index in [9.17, 15) is 15.2 Å². The van der Waals surface area contributed by atoms with Crippen LogP contribution in [0.2, 0.25) is 0 Å². The minimum absolute atomic E-state index is 0.124. The lowest BCUT2D eigenvalue weighted by Crippen LogP contribution is -2.06. The van der Waals surface area contributed by atoms with Crippen LogP contribution >= 0.6 is 27.7 Å². The average Bonchev–Trinajstić information content (AvgIpc) is 2.60. The highest BCUT2D eigenvalue weighted by Crippen LogP contribution is 2.36. The Hall–Kier alpha value is -2.39. The van der Waals surface area contributed by atoms with Gasteiger partial charge in [-0.1, -0.05) is 42.1 Å². The van der Waals surface area contributed by atoms with Crippen molar-refractivity contribution >= 4 is 44.8 Å². The van der Waals surface area contributed by atoms with Gasteiger partial charge in [0, 0.05) is 22.9 Å². The van der Waals surface area contributed by atoms with Crippen molar-refractivity contribution in [2.45, 2.75) is 12.7 Å². The zero-order chi connectivity index (χ0) is 18.4. The van der Waals surface area contributed by atoms with Crippen molar-refractivity contribution in [3.63, 3.8) is 0 Å². The SMILES string of the molecule is Cc1c([N+](=O)[O-])cc(C=NN=C(N)SCc2ccccc2)c(O)c1Br. The molecule has 130 valence electrons. The molecular weight excluding hydrogens is 408 g/mol. The van der Waals surface area contributed by atoms with E-state index in [2.05, 4.69) is 26.1 Å². The van der Waals surface area contributed by atoms with Gasteiger partial charge >= 0.3 is 0 Å². The summed E-state index contributed by atoms with van der Waals surface area (Å²) in [4.78, 5) is 10.5. The quantitative estimate of drug-likeness (QED) is 0.327. The molecule has 0 saturated carbocycles. The first-order valence-electron chi connectivity index (χ1n) is 7.09. The third-order valence-corrected chi connectivity index (χ3v) is 5.09. The third kappa shape index (κ3) is 5.04. The molecule has 0 aliphatic carbocycles. The molecule has 0 aromatic heterocycles. The van der Waals surface area contributed by atoms with Gasteiger partial charge in [0.15, 0.2) is 5.17 Å². The van der Waals surface area contributed by atoms with Gasteiger partial charge in [0.1, 0.15) is 5.75 Å². The number of nitrogens with zero attached hydrogens (tertiary/aromatic N) is 3. The highest BCUT2D eigenvalue weighted by atomic mass is 79.9. The van der Waals surface area contributed by atoms with Crippen LogP contribution in [-0.2, 0) is 5.75 Å².